The maximum absolute atomic E-state index is 14.3. The molecule has 12 heteroatoms. The Morgan fingerprint density at radius 3 is 1.84 bits per heavy atom. The number of halogens is 6. The van der Waals surface area contributed by atoms with E-state index in [0.29, 0.717) is 4.90 Å². The van der Waals surface area contributed by atoms with Crippen molar-refractivity contribution in [2.45, 2.75) is 12.6 Å². The van der Waals surface area contributed by atoms with Gasteiger partial charge in [-0.3, -0.25) is 0 Å². The largest absolute Gasteiger partial charge is 0.329 e. The molecule has 1 aromatic heterocycles. The number of likely N-dealkylation sites (N-methyl/N-ethyl adjacent to an activating group) is 1. The summed E-state index contributed by atoms with van der Waals surface area (Å²) >= 11 is 0. The lowest BCUT2D eigenvalue weighted by Gasteiger charge is -2.23. The summed E-state index contributed by atoms with van der Waals surface area (Å²) in [5.41, 5.74) is -2.42. The quantitative estimate of drug-likeness (QED) is 0.269. The average molecular weight is 510 g/mol. The van der Waals surface area contributed by atoms with E-state index in [1.165, 1.54) is 0 Å². The van der Waals surface area contributed by atoms with E-state index < -0.39 is 42.0 Å². The predicted octanol–water partition coefficient (Wildman–Crippen LogP) is 4.91. The van der Waals surface area contributed by atoms with Gasteiger partial charge in [0.15, 0.2) is 24.5 Å². The number of dihydropyridines is 1. The summed E-state index contributed by atoms with van der Waals surface area (Å²) in [4.78, 5) is 3.59. The molecule has 37 heavy (non-hydrogen) atoms. The number of hydrogen-bond acceptors (Lipinski definition) is 6. The lowest BCUT2D eigenvalue weighted by atomic mass is 10.0. The van der Waals surface area contributed by atoms with Crippen molar-refractivity contribution in [1.82, 2.24) is 15.2 Å². The molecule has 2 aliphatic heterocycles. The summed E-state index contributed by atoms with van der Waals surface area (Å²) in [7, 11) is 1.13. The minimum Gasteiger partial charge on any atom is -0.329 e. The third-order valence-electron chi connectivity index (χ3n) is 5.58. The van der Waals surface area contributed by atoms with Gasteiger partial charge in [0.2, 0.25) is 11.9 Å². The Hall–Kier alpha value is -5.02. The van der Waals surface area contributed by atoms with E-state index in [0.717, 1.165) is 43.5 Å². The second kappa shape index (κ2) is 9.56. The fraction of sp³-hybridized carbons (Fsp3) is 0.120. The smallest absolute Gasteiger partial charge is 0.216 e. The number of hydrogen-bond donors (Lipinski definition) is 1. The van der Waals surface area contributed by atoms with Crippen molar-refractivity contribution in [3.05, 3.63) is 105 Å². The van der Waals surface area contributed by atoms with Crippen molar-refractivity contribution >= 4 is 5.57 Å². The summed E-state index contributed by atoms with van der Waals surface area (Å²) in [6, 6.07) is 6.74. The number of pyridine rings is 1. The van der Waals surface area contributed by atoms with Crippen molar-refractivity contribution in [2.75, 3.05) is 7.05 Å². The summed E-state index contributed by atoms with van der Waals surface area (Å²) in [5.74, 6) is -4.68. The molecule has 3 heterocycles. The van der Waals surface area contributed by atoms with Crippen LogP contribution in [0.5, 0.6) is 0 Å². The van der Waals surface area contributed by atoms with E-state index >= 15 is 0 Å². The highest BCUT2D eigenvalue weighted by molar-refractivity contribution is 6.01. The highest BCUT2D eigenvalue weighted by Gasteiger charge is 2.42. The zero-order chi connectivity index (χ0) is 27.0. The van der Waals surface area contributed by atoms with Gasteiger partial charge in [0.05, 0.1) is 16.7 Å². The number of rotatable bonds is 3. The molecule has 0 radical (unpaired) electrons. The predicted molar refractivity (Wildman–Crippen MR) is 117 cm³/mol. The van der Waals surface area contributed by atoms with Crippen molar-refractivity contribution in [2.24, 2.45) is 0 Å². The lowest BCUT2D eigenvalue weighted by Crippen LogP contribution is -2.27. The third kappa shape index (κ3) is 4.63. The molecule has 2 unspecified atom stereocenters. The molecule has 0 aromatic carbocycles. The Morgan fingerprint density at radius 2 is 1.35 bits per heavy atom. The molecule has 0 bridgehead atoms. The van der Waals surface area contributed by atoms with Gasteiger partial charge in [-0.1, -0.05) is 0 Å². The van der Waals surface area contributed by atoms with Crippen LogP contribution < -0.4 is 5.32 Å². The van der Waals surface area contributed by atoms with Crippen molar-refractivity contribution < 1.29 is 26.3 Å². The van der Waals surface area contributed by atoms with E-state index in [-0.39, 0.29) is 44.6 Å². The van der Waals surface area contributed by atoms with Crippen LogP contribution in [0.25, 0.3) is 5.57 Å². The highest BCUT2D eigenvalue weighted by Crippen LogP contribution is 2.55. The maximum Gasteiger partial charge on any atom is 0.216 e. The molecule has 1 N–H and O–H groups in total. The monoisotopic (exact) mass is 510 g/mol. The van der Waals surface area contributed by atoms with Crippen LogP contribution in [0.15, 0.2) is 87.4 Å². The van der Waals surface area contributed by atoms with Gasteiger partial charge < -0.3 is 10.2 Å². The first-order valence-electron chi connectivity index (χ1n) is 10.3. The Balaban J connectivity index is 2.08. The lowest BCUT2D eigenvalue weighted by molar-refractivity contribution is 0.154. The number of alkyl halides is 2. The van der Waals surface area contributed by atoms with Crippen LogP contribution in [-0.2, 0) is 0 Å². The van der Waals surface area contributed by atoms with Crippen LogP contribution >= 0.6 is 0 Å². The maximum atomic E-state index is 14.3. The topological polar surface area (TPSA) is 99.5 Å². The Labute approximate surface area is 206 Å². The van der Waals surface area contributed by atoms with Gasteiger partial charge in [0.1, 0.15) is 18.2 Å². The highest BCUT2D eigenvalue weighted by atomic mass is 19.2. The molecule has 2 atom stereocenters. The second-order valence-corrected chi connectivity index (χ2v) is 7.82. The minimum atomic E-state index is -2.02. The SMILES string of the molecule is CN1C(F)=CC(C(C#N)=C2C(=C(C#N)C3=CC(F)NC(F)=C3)C2=C(C#N)c2cc(F)nc(F)c2)=CC1F. The van der Waals surface area contributed by atoms with Crippen LogP contribution in [0.3, 0.4) is 0 Å². The second-order valence-electron chi connectivity index (χ2n) is 7.82. The van der Waals surface area contributed by atoms with Crippen molar-refractivity contribution in [1.29, 1.82) is 15.8 Å². The molecular weight excluding hydrogens is 498 g/mol. The first kappa shape index (κ1) is 25.1. The van der Waals surface area contributed by atoms with Crippen molar-refractivity contribution in [3.63, 3.8) is 0 Å². The average Bonchev–Trinajstić information content (AvgIpc) is 3.51. The van der Waals surface area contributed by atoms with E-state index in [4.69, 9.17) is 0 Å². The fourth-order valence-corrected chi connectivity index (χ4v) is 3.87. The molecule has 1 fully saturated rings. The number of nitrogens with zero attached hydrogens (tertiary/aromatic N) is 5. The third-order valence-corrected chi connectivity index (χ3v) is 5.58. The van der Waals surface area contributed by atoms with Crippen LogP contribution in [0.2, 0.25) is 0 Å². The summed E-state index contributed by atoms with van der Waals surface area (Å²) in [6.07, 6.45) is -0.568. The molecule has 0 amide bonds. The molecule has 1 aromatic rings. The molecule has 4 rings (SSSR count). The van der Waals surface area contributed by atoms with E-state index in [1.807, 2.05) is 5.32 Å². The van der Waals surface area contributed by atoms with E-state index in [9.17, 15) is 42.1 Å². The van der Waals surface area contributed by atoms with Crippen LogP contribution in [0, 0.1) is 45.9 Å². The molecule has 184 valence electrons. The van der Waals surface area contributed by atoms with E-state index in [2.05, 4.69) is 4.98 Å². The first-order chi connectivity index (χ1) is 17.6. The van der Waals surface area contributed by atoms with Crippen molar-refractivity contribution in [3.8, 4) is 18.2 Å². The van der Waals surface area contributed by atoms with Gasteiger partial charge in [-0.05, 0) is 35.5 Å². The minimum absolute atomic E-state index is 0.149. The van der Waals surface area contributed by atoms with Crippen LogP contribution in [-0.4, -0.2) is 29.5 Å². The fourth-order valence-electron chi connectivity index (χ4n) is 3.87. The molecule has 3 aliphatic rings. The van der Waals surface area contributed by atoms with Gasteiger partial charge >= 0.3 is 0 Å². The van der Waals surface area contributed by atoms with Gasteiger partial charge in [0, 0.05) is 41.5 Å². The molecular formula is C25H12F6N6. The molecule has 0 saturated heterocycles. The van der Waals surface area contributed by atoms with Gasteiger partial charge in [0.25, 0.3) is 0 Å². The number of nitriles is 3. The van der Waals surface area contributed by atoms with E-state index in [1.54, 1.807) is 18.2 Å². The Bertz CT molecular complexity index is 1550. The van der Waals surface area contributed by atoms with Crippen LogP contribution in [0.1, 0.15) is 5.56 Å². The van der Waals surface area contributed by atoms with Gasteiger partial charge in [-0.25, -0.2) is 8.78 Å². The molecule has 0 spiro atoms. The van der Waals surface area contributed by atoms with Crippen LogP contribution in [0.4, 0.5) is 26.3 Å². The normalized spacial score (nSPS) is 24.7. The Kier molecular flexibility index (Phi) is 6.48. The zero-order valence-electron chi connectivity index (χ0n) is 18.6. The summed E-state index contributed by atoms with van der Waals surface area (Å²) in [6.45, 7) is 0. The zero-order valence-corrected chi connectivity index (χ0v) is 18.6. The standard InChI is InChI=1S/C25H12F6N6/c1-37-21(30)6-13(7-22(37)31)16(10-34)25-23(14(8-32)11-2-17(26)35-18(27)3-11)24(25)15(9-33)12-4-19(28)36-20(29)5-12/h2-7,17,21,35H,1H3. The van der Waals surface area contributed by atoms with Gasteiger partial charge in [-0.2, -0.15) is 38.3 Å². The number of aromatic nitrogens is 1. The summed E-state index contributed by atoms with van der Waals surface area (Å²) in [5, 5.41) is 31.4. The molecule has 6 nitrogen and oxygen atoms in total. The molecule has 1 saturated carbocycles. The molecule has 1 aliphatic carbocycles. The summed E-state index contributed by atoms with van der Waals surface area (Å²) < 4.78 is 84.1. The number of allylic oxidation sites excluding steroid dienone is 10. The number of nitrogens with one attached hydrogen (secondary N) is 1. The van der Waals surface area contributed by atoms with Gasteiger partial charge in [-0.15, -0.1) is 0 Å². The first-order valence-corrected chi connectivity index (χ1v) is 10.3. The Morgan fingerprint density at radius 1 is 0.838 bits per heavy atom.